The molecular weight excluding hydrogens is 487 g/mol. The van der Waals surface area contributed by atoms with Crippen molar-refractivity contribution >= 4 is 23.5 Å². The molecule has 1 fully saturated rings. The molecule has 3 heterocycles. The number of aryl methyl sites for hydroxylation is 1. The molecule has 0 unspecified atom stereocenters. The molecule has 3 aromatic rings. The SMILES string of the molecule is CN1CCN(Cc2ccc(NC(=O)Nc3cc(C#Cc4cnc(N)nc4)n(C)n3)cc2C(F)(F)F)CC1. The minimum Gasteiger partial charge on any atom is -0.368 e. The third-order valence-corrected chi connectivity index (χ3v) is 5.79. The number of aromatic nitrogens is 4. The summed E-state index contributed by atoms with van der Waals surface area (Å²) >= 11 is 0. The fourth-order valence-corrected chi connectivity index (χ4v) is 3.77. The Labute approximate surface area is 211 Å². The highest BCUT2D eigenvalue weighted by molar-refractivity contribution is 5.99. The van der Waals surface area contributed by atoms with E-state index < -0.39 is 17.8 Å². The molecule has 0 atom stereocenters. The van der Waals surface area contributed by atoms with Gasteiger partial charge < -0.3 is 16.0 Å². The number of piperazine rings is 1. The van der Waals surface area contributed by atoms with Crippen molar-refractivity contribution < 1.29 is 18.0 Å². The maximum atomic E-state index is 13.8. The quantitative estimate of drug-likeness (QED) is 0.459. The number of alkyl halides is 3. The van der Waals surface area contributed by atoms with Gasteiger partial charge in [0, 0.05) is 63.9 Å². The van der Waals surface area contributed by atoms with Crippen molar-refractivity contribution in [2.45, 2.75) is 12.7 Å². The number of nitrogen functional groups attached to an aromatic ring is 1. The number of nitrogens with two attached hydrogens (primary N) is 1. The summed E-state index contributed by atoms with van der Waals surface area (Å²) < 4.78 is 42.8. The topological polar surface area (TPSA) is 117 Å². The molecule has 0 radical (unpaired) electrons. The highest BCUT2D eigenvalue weighted by Crippen LogP contribution is 2.34. The van der Waals surface area contributed by atoms with E-state index in [9.17, 15) is 18.0 Å². The average Bonchev–Trinajstić information content (AvgIpc) is 3.19. The molecule has 2 amide bonds. The lowest BCUT2D eigenvalue weighted by molar-refractivity contribution is -0.138. The van der Waals surface area contributed by atoms with Crippen LogP contribution in [0.15, 0.2) is 36.7 Å². The van der Waals surface area contributed by atoms with Crippen LogP contribution in [-0.4, -0.2) is 68.8 Å². The van der Waals surface area contributed by atoms with Crippen molar-refractivity contribution in [2.75, 3.05) is 49.6 Å². The van der Waals surface area contributed by atoms with Gasteiger partial charge in [-0.2, -0.15) is 18.3 Å². The summed E-state index contributed by atoms with van der Waals surface area (Å²) in [5.41, 5.74) is 5.90. The fraction of sp³-hybridized carbons (Fsp3) is 0.333. The second kappa shape index (κ2) is 10.9. The van der Waals surface area contributed by atoms with E-state index in [1.165, 1.54) is 35.3 Å². The number of anilines is 3. The first-order valence-corrected chi connectivity index (χ1v) is 11.4. The Morgan fingerprint density at radius 3 is 2.43 bits per heavy atom. The lowest BCUT2D eigenvalue weighted by Gasteiger charge is -2.33. The summed E-state index contributed by atoms with van der Waals surface area (Å²) in [5, 5.41) is 9.12. The van der Waals surface area contributed by atoms with Gasteiger partial charge in [-0.15, -0.1) is 0 Å². The Balaban J connectivity index is 1.42. The van der Waals surface area contributed by atoms with Crippen LogP contribution in [0.2, 0.25) is 0 Å². The zero-order valence-corrected chi connectivity index (χ0v) is 20.3. The molecule has 10 nitrogen and oxygen atoms in total. The summed E-state index contributed by atoms with van der Waals surface area (Å²) in [5.74, 6) is 6.06. The Morgan fingerprint density at radius 2 is 1.76 bits per heavy atom. The van der Waals surface area contributed by atoms with E-state index in [0.29, 0.717) is 24.3 Å². The van der Waals surface area contributed by atoms with Crippen molar-refractivity contribution in [3.63, 3.8) is 0 Å². The molecule has 1 saturated heterocycles. The molecule has 1 aliphatic heterocycles. The van der Waals surface area contributed by atoms with Crippen LogP contribution in [0.5, 0.6) is 0 Å². The van der Waals surface area contributed by atoms with Gasteiger partial charge in [-0.25, -0.2) is 14.8 Å². The first kappa shape index (κ1) is 25.9. The number of urea groups is 1. The lowest BCUT2D eigenvalue weighted by Crippen LogP contribution is -2.44. The molecule has 0 aliphatic carbocycles. The minimum absolute atomic E-state index is 0.0197. The first-order chi connectivity index (χ1) is 17.6. The van der Waals surface area contributed by atoms with Crippen LogP contribution in [0.3, 0.4) is 0 Å². The van der Waals surface area contributed by atoms with Crippen LogP contribution < -0.4 is 16.4 Å². The largest absolute Gasteiger partial charge is 0.416 e. The predicted molar refractivity (Wildman–Crippen MR) is 132 cm³/mol. The van der Waals surface area contributed by atoms with Crippen LogP contribution in [0.1, 0.15) is 22.4 Å². The van der Waals surface area contributed by atoms with Gasteiger partial charge >= 0.3 is 12.2 Å². The van der Waals surface area contributed by atoms with Crippen LogP contribution in [0, 0.1) is 11.8 Å². The Bertz CT molecular complexity index is 1320. The van der Waals surface area contributed by atoms with Gasteiger partial charge in [-0.1, -0.05) is 12.0 Å². The summed E-state index contributed by atoms with van der Waals surface area (Å²) in [6, 6.07) is 4.63. The van der Waals surface area contributed by atoms with E-state index >= 15 is 0 Å². The zero-order chi connectivity index (χ0) is 26.6. The maximum Gasteiger partial charge on any atom is 0.416 e. The summed E-state index contributed by atoms with van der Waals surface area (Å²) in [7, 11) is 3.63. The van der Waals surface area contributed by atoms with Gasteiger partial charge in [0.1, 0.15) is 5.69 Å². The number of hydrogen-bond acceptors (Lipinski definition) is 7. The van der Waals surface area contributed by atoms with E-state index in [1.54, 1.807) is 7.05 Å². The van der Waals surface area contributed by atoms with E-state index in [2.05, 4.69) is 42.4 Å². The molecule has 1 aromatic carbocycles. The second-order valence-corrected chi connectivity index (χ2v) is 8.65. The molecule has 2 aromatic heterocycles. The van der Waals surface area contributed by atoms with Gasteiger partial charge in [0.25, 0.3) is 0 Å². The van der Waals surface area contributed by atoms with Gasteiger partial charge in [-0.3, -0.25) is 14.9 Å². The van der Waals surface area contributed by atoms with Crippen molar-refractivity contribution in [2.24, 2.45) is 7.05 Å². The molecule has 37 heavy (non-hydrogen) atoms. The molecule has 0 spiro atoms. The lowest BCUT2D eigenvalue weighted by atomic mass is 10.0. The molecule has 4 N–H and O–H groups in total. The molecule has 194 valence electrons. The molecule has 0 saturated carbocycles. The molecular formula is C24H26F3N9O. The summed E-state index contributed by atoms with van der Waals surface area (Å²) in [4.78, 5) is 24.3. The van der Waals surface area contributed by atoms with Crippen molar-refractivity contribution in [1.82, 2.24) is 29.5 Å². The highest BCUT2D eigenvalue weighted by Gasteiger charge is 2.34. The first-order valence-electron chi connectivity index (χ1n) is 11.4. The molecule has 4 rings (SSSR count). The minimum atomic E-state index is -4.56. The smallest absolute Gasteiger partial charge is 0.368 e. The van der Waals surface area contributed by atoms with Gasteiger partial charge in [0.15, 0.2) is 5.82 Å². The van der Waals surface area contributed by atoms with Crippen LogP contribution in [0.4, 0.5) is 35.4 Å². The number of likely N-dealkylation sites (N-methyl/N-ethyl adjacent to an activating group) is 1. The van der Waals surface area contributed by atoms with E-state index in [-0.39, 0.29) is 29.6 Å². The number of benzene rings is 1. The summed E-state index contributed by atoms with van der Waals surface area (Å²) in [6.45, 7) is 3.19. The number of hydrogen-bond donors (Lipinski definition) is 3. The third-order valence-electron chi connectivity index (χ3n) is 5.79. The summed E-state index contributed by atoms with van der Waals surface area (Å²) in [6.07, 6.45) is -1.60. The Morgan fingerprint density at radius 1 is 1.05 bits per heavy atom. The number of amides is 2. The van der Waals surface area contributed by atoms with Gasteiger partial charge in [0.2, 0.25) is 5.95 Å². The van der Waals surface area contributed by atoms with Crippen LogP contribution in [0.25, 0.3) is 0 Å². The number of carbonyl (C=O) groups excluding carboxylic acids is 1. The van der Waals surface area contributed by atoms with E-state index in [0.717, 1.165) is 19.2 Å². The number of nitrogens with one attached hydrogen (secondary N) is 2. The van der Waals surface area contributed by atoms with Crippen LogP contribution in [-0.2, 0) is 19.8 Å². The van der Waals surface area contributed by atoms with Crippen molar-refractivity contribution in [1.29, 1.82) is 0 Å². The number of rotatable bonds is 4. The van der Waals surface area contributed by atoms with E-state index in [1.807, 2.05) is 11.9 Å². The fourth-order valence-electron chi connectivity index (χ4n) is 3.77. The van der Waals surface area contributed by atoms with Crippen molar-refractivity contribution in [3.05, 3.63) is 59.0 Å². The average molecular weight is 514 g/mol. The number of carbonyl (C=O) groups is 1. The zero-order valence-electron chi connectivity index (χ0n) is 20.3. The van der Waals surface area contributed by atoms with Crippen LogP contribution >= 0.6 is 0 Å². The van der Waals surface area contributed by atoms with Gasteiger partial charge in [0.05, 0.1) is 11.1 Å². The Hall–Kier alpha value is -4.15. The monoisotopic (exact) mass is 513 g/mol. The normalized spacial score (nSPS) is 14.6. The standard InChI is InChI=1S/C24H26F3N9O/c1-34-7-9-36(10-8-34)15-17-4-5-18(11-20(17)24(25,26)27)31-23(37)32-21-12-19(35(2)33-21)6-3-16-13-29-22(28)30-14-16/h4-5,11-14H,7-10,15H2,1-2H3,(H2,28,29,30)(H2,31,32,33,37). The van der Waals surface area contributed by atoms with E-state index in [4.69, 9.17) is 5.73 Å². The Kier molecular flexibility index (Phi) is 7.61. The van der Waals surface area contributed by atoms with Crippen molar-refractivity contribution in [3.8, 4) is 11.8 Å². The molecule has 1 aliphatic rings. The number of nitrogens with zero attached hydrogens (tertiary/aromatic N) is 6. The second-order valence-electron chi connectivity index (χ2n) is 8.65. The predicted octanol–water partition coefficient (Wildman–Crippen LogP) is 2.60. The third kappa shape index (κ3) is 6.96. The highest BCUT2D eigenvalue weighted by atomic mass is 19.4. The molecule has 13 heteroatoms. The molecule has 0 bridgehead atoms. The van der Waals surface area contributed by atoms with Gasteiger partial charge in [-0.05, 0) is 30.7 Å². The number of halogens is 3. The maximum absolute atomic E-state index is 13.8.